The van der Waals surface area contributed by atoms with Crippen molar-refractivity contribution in [3.8, 4) is 0 Å². The van der Waals surface area contributed by atoms with Crippen molar-refractivity contribution >= 4 is 46.7 Å². The van der Waals surface area contributed by atoms with Crippen LogP contribution in [0.25, 0.3) is 0 Å². The van der Waals surface area contributed by atoms with E-state index in [1.165, 1.54) is 31.4 Å². The molecule has 2 amide bonds. The number of amides is 2. The third-order valence-corrected chi connectivity index (χ3v) is 4.22. The van der Waals surface area contributed by atoms with Crippen molar-refractivity contribution in [3.05, 3.63) is 59.1 Å². The van der Waals surface area contributed by atoms with Gasteiger partial charge in [-0.2, -0.15) is 0 Å². The van der Waals surface area contributed by atoms with Gasteiger partial charge in [0.05, 0.1) is 23.4 Å². The number of nitrogens with one attached hydrogen (secondary N) is 2. The number of ether oxygens (including phenoxy) is 2. The summed E-state index contributed by atoms with van der Waals surface area (Å²) in [6, 6.07) is 12.9. The first-order valence-electron chi connectivity index (χ1n) is 9.07. The minimum atomic E-state index is -0.586. The lowest BCUT2D eigenvalue weighted by Crippen LogP contribution is -2.21. The van der Waals surface area contributed by atoms with Gasteiger partial charge in [-0.15, -0.1) is 0 Å². The minimum absolute atomic E-state index is 0.00293. The zero-order valence-electron chi connectivity index (χ0n) is 16.3. The number of benzene rings is 2. The van der Waals surface area contributed by atoms with E-state index in [1.807, 2.05) is 0 Å². The van der Waals surface area contributed by atoms with Crippen molar-refractivity contribution in [2.75, 3.05) is 24.4 Å². The van der Waals surface area contributed by atoms with Crippen molar-refractivity contribution in [1.82, 2.24) is 0 Å². The van der Waals surface area contributed by atoms with Gasteiger partial charge >= 0.3 is 11.9 Å². The van der Waals surface area contributed by atoms with E-state index in [2.05, 4.69) is 15.4 Å². The highest BCUT2D eigenvalue weighted by molar-refractivity contribution is 6.33. The molecule has 0 bridgehead atoms. The third-order valence-electron chi connectivity index (χ3n) is 3.89. The molecule has 2 aromatic rings. The molecule has 0 unspecified atom stereocenters. The zero-order valence-corrected chi connectivity index (χ0v) is 17.0. The Morgan fingerprint density at radius 3 is 2.27 bits per heavy atom. The van der Waals surface area contributed by atoms with Gasteiger partial charge in [0.2, 0.25) is 5.91 Å². The summed E-state index contributed by atoms with van der Waals surface area (Å²) >= 11 is 5.96. The Kier molecular flexibility index (Phi) is 8.83. The molecule has 0 atom stereocenters. The number of rotatable bonds is 9. The van der Waals surface area contributed by atoms with Gasteiger partial charge in [-0.3, -0.25) is 14.4 Å². The molecule has 0 saturated heterocycles. The Bertz CT molecular complexity index is 914. The minimum Gasteiger partial charge on any atom is -0.465 e. The molecule has 9 heteroatoms. The highest BCUT2D eigenvalue weighted by Gasteiger charge is 2.11. The predicted octanol–water partition coefficient (Wildman–Crippen LogP) is 3.42. The molecule has 0 aliphatic heterocycles. The van der Waals surface area contributed by atoms with E-state index in [4.69, 9.17) is 16.3 Å². The number of carbonyl (C=O) groups is 4. The molecule has 0 heterocycles. The van der Waals surface area contributed by atoms with Crippen molar-refractivity contribution < 1.29 is 28.7 Å². The molecule has 0 radical (unpaired) electrons. The maximum atomic E-state index is 11.9. The number of halogens is 1. The Morgan fingerprint density at radius 1 is 0.900 bits per heavy atom. The average Bonchev–Trinajstić information content (AvgIpc) is 2.74. The third kappa shape index (κ3) is 7.56. The first-order chi connectivity index (χ1) is 14.4. The number of hydrogen-bond donors (Lipinski definition) is 2. The second-order valence-corrected chi connectivity index (χ2v) is 6.57. The van der Waals surface area contributed by atoms with Crippen LogP contribution in [-0.2, 0) is 23.9 Å². The van der Waals surface area contributed by atoms with Crippen LogP contribution < -0.4 is 10.6 Å². The van der Waals surface area contributed by atoms with Crippen LogP contribution in [0.3, 0.4) is 0 Å². The predicted molar refractivity (Wildman–Crippen MR) is 111 cm³/mol. The average molecular weight is 433 g/mol. The van der Waals surface area contributed by atoms with Crippen molar-refractivity contribution in [1.29, 1.82) is 0 Å². The molecule has 0 spiro atoms. The summed E-state index contributed by atoms with van der Waals surface area (Å²) in [7, 11) is 1.28. The van der Waals surface area contributed by atoms with Crippen LogP contribution in [0.15, 0.2) is 48.5 Å². The number of para-hydroxylation sites is 1. The molecule has 0 aromatic heterocycles. The van der Waals surface area contributed by atoms with E-state index >= 15 is 0 Å². The number of anilines is 2. The highest BCUT2D eigenvalue weighted by Crippen LogP contribution is 2.20. The van der Waals surface area contributed by atoms with Gasteiger partial charge in [0.25, 0.3) is 5.91 Å². The van der Waals surface area contributed by atoms with E-state index in [0.29, 0.717) is 22.0 Å². The summed E-state index contributed by atoms with van der Waals surface area (Å²) in [5.74, 6) is -1.87. The van der Waals surface area contributed by atoms with Gasteiger partial charge in [0.1, 0.15) is 0 Å². The molecule has 0 fully saturated rings. The molecule has 2 rings (SSSR count). The van der Waals surface area contributed by atoms with Gasteiger partial charge in [0, 0.05) is 18.5 Å². The zero-order chi connectivity index (χ0) is 21.9. The summed E-state index contributed by atoms with van der Waals surface area (Å²) in [6.07, 6.45) is 0.377. The van der Waals surface area contributed by atoms with E-state index < -0.39 is 24.5 Å². The Hall–Kier alpha value is -3.39. The first-order valence-corrected chi connectivity index (χ1v) is 9.45. The topological polar surface area (TPSA) is 111 Å². The summed E-state index contributed by atoms with van der Waals surface area (Å²) in [6.45, 7) is -0.455. The Morgan fingerprint density at radius 2 is 1.60 bits per heavy atom. The molecule has 2 aromatic carbocycles. The normalized spacial score (nSPS) is 10.1. The van der Waals surface area contributed by atoms with E-state index in [1.54, 1.807) is 24.3 Å². The fourth-order valence-corrected chi connectivity index (χ4v) is 2.57. The molecule has 158 valence electrons. The van der Waals surface area contributed by atoms with Gasteiger partial charge in [-0.05, 0) is 42.8 Å². The van der Waals surface area contributed by atoms with E-state index in [-0.39, 0.29) is 25.2 Å². The fraction of sp³-hybridized carbons (Fsp3) is 0.238. The second kappa shape index (κ2) is 11.6. The van der Waals surface area contributed by atoms with Crippen LogP contribution in [-0.4, -0.2) is 37.5 Å². The van der Waals surface area contributed by atoms with Crippen LogP contribution in [0.2, 0.25) is 5.02 Å². The standard InChI is InChI=1S/C21H21ClN2O6/c1-29-21(28)14-9-11-15(12-10-14)23-19(26)13-30-20(27)8-4-7-18(25)24-17-6-3-2-5-16(17)22/h2-3,5-6,9-12H,4,7-8,13H2,1H3,(H,23,26)(H,24,25). The highest BCUT2D eigenvalue weighted by atomic mass is 35.5. The lowest BCUT2D eigenvalue weighted by atomic mass is 10.2. The lowest BCUT2D eigenvalue weighted by molar-refractivity contribution is -0.147. The van der Waals surface area contributed by atoms with Crippen molar-refractivity contribution in [2.45, 2.75) is 19.3 Å². The molecule has 0 saturated carbocycles. The van der Waals surface area contributed by atoms with Crippen LogP contribution in [0, 0.1) is 0 Å². The monoisotopic (exact) mass is 432 g/mol. The Labute approximate surface area is 178 Å². The summed E-state index contributed by atoms with van der Waals surface area (Å²) in [4.78, 5) is 46.8. The molecule has 30 heavy (non-hydrogen) atoms. The fourth-order valence-electron chi connectivity index (χ4n) is 2.39. The lowest BCUT2D eigenvalue weighted by Gasteiger charge is -2.08. The van der Waals surface area contributed by atoms with Crippen LogP contribution in [0.4, 0.5) is 11.4 Å². The molecule has 0 aliphatic rings. The van der Waals surface area contributed by atoms with Crippen LogP contribution in [0.1, 0.15) is 29.6 Å². The summed E-state index contributed by atoms with van der Waals surface area (Å²) < 4.78 is 9.49. The number of carbonyl (C=O) groups excluding carboxylic acids is 4. The molecular weight excluding hydrogens is 412 g/mol. The summed E-state index contributed by atoms with van der Waals surface area (Å²) in [5.41, 5.74) is 1.29. The van der Waals surface area contributed by atoms with Gasteiger partial charge in [-0.25, -0.2) is 4.79 Å². The number of methoxy groups -OCH3 is 1. The smallest absolute Gasteiger partial charge is 0.337 e. The largest absolute Gasteiger partial charge is 0.465 e. The molecule has 0 aliphatic carbocycles. The second-order valence-electron chi connectivity index (χ2n) is 6.16. The maximum absolute atomic E-state index is 11.9. The molecule has 2 N–H and O–H groups in total. The van der Waals surface area contributed by atoms with Gasteiger partial charge < -0.3 is 20.1 Å². The van der Waals surface area contributed by atoms with Crippen LogP contribution in [0.5, 0.6) is 0 Å². The molecular formula is C21H21ClN2O6. The van der Waals surface area contributed by atoms with E-state index in [9.17, 15) is 19.2 Å². The Balaban J connectivity index is 1.65. The molecule has 8 nitrogen and oxygen atoms in total. The quantitative estimate of drug-likeness (QED) is 0.587. The number of hydrogen-bond acceptors (Lipinski definition) is 6. The van der Waals surface area contributed by atoms with E-state index in [0.717, 1.165) is 0 Å². The van der Waals surface area contributed by atoms with Gasteiger partial charge in [0.15, 0.2) is 6.61 Å². The van der Waals surface area contributed by atoms with Crippen LogP contribution >= 0.6 is 11.6 Å². The van der Waals surface area contributed by atoms with Crippen molar-refractivity contribution in [3.63, 3.8) is 0 Å². The first kappa shape index (κ1) is 22.9. The van der Waals surface area contributed by atoms with Crippen molar-refractivity contribution in [2.24, 2.45) is 0 Å². The maximum Gasteiger partial charge on any atom is 0.337 e. The number of esters is 2. The SMILES string of the molecule is COC(=O)c1ccc(NC(=O)COC(=O)CCCC(=O)Nc2ccccc2Cl)cc1. The van der Waals surface area contributed by atoms with Gasteiger partial charge in [-0.1, -0.05) is 23.7 Å². The summed E-state index contributed by atoms with van der Waals surface area (Å²) in [5, 5.41) is 5.63.